The molecular weight excluding hydrogens is 160 g/mol. The van der Waals surface area contributed by atoms with Gasteiger partial charge in [-0.3, -0.25) is 0 Å². The van der Waals surface area contributed by atoms with Gasteiger partial charge in [0, 0.05) is 0 Å². The molecule has 1 rings (SSSR count). The van der Waals surface area contributed by atoms with Crippen LogP contribution in [-0.2, 0) is 0 Å². The molecule has 1 N–H and O–H groups in total. The summed E-state index contributed by atoms with van der Waals surface area (Å²) in [6.45, 7) is 3.78. The second-order valence-electron chi connectivity index (χ2n) is 3.45. The molecule has 0 bridgehead atoms. The summed E-state index contributed by atoms with van der Waals surface area (Å²) >= 11 is 0. The molecule has 1 aromatic rings. The van der Waals surface area contributed by atoms with Crippen molar-refractivity contribution in [1.82, 2.24) is 0 Å². The molecule has 0 saturated heterocycles. The van der Waals surface area contributed by atoms with E-state index < -0.39 is 5.60 Å². The highest BCUT2D eigenvalue weighted by atomic mass is 16.3. The Morgan fingerprint density at radius 3 is 2.46 bits per heavy atom. The summed E-state index contributed by atoms with van der Waals surface area (Å²) in [6.07, 6.45) is 4.52. The lowest BCUT2D eigenvalue weighted by atomic mass is 10.0. The zero-order chi connectivity index (χ0) is 9.73. The van der Waals surface area contributed by atoms with Crippen LogP contribution in [-0.4, -0.2) is 10.7 Å². The topological polar surface area (TPSA) is 20.2 Å². The fourth-order valence-electron chi connectivity index (χ4n) is 0.958. The molecule has 0 fully saturated rings. The standard InChI is InChI=1S/C12H16O/c1-3-12(2,13)10-9-11-7-5-4-6-8-11/h4-10,13H,3H2,1-2H3. The van der Waals surface area contributed by atoms with Crippen molar-refractivity contribution in [3.63, 3.8) is 0 Å². The van der Waals surface area contributed by atoms with Crippen molar-refractivity contribution in [3.8, 4) is 0 Å². The third-order valence-electron chi connectivity index (χ3n) is 2.15. The Balaban J connectivity index is 2.69. The predicted octanol–water partition coefficient (Wildman–Crippen LogP) is 2.86. The van der Waals surface area contributed by atoms with Crippen LogP contribution in [0.15, 0.2) is 36.4 Å². The molecule has 0 amide bonds. The van der Waals surface area contributed by atoms with Gasteiger partial charge < -0.3 is 5.11 Å². The maximum absolute atomic E-state index is 9.70. The predicted molar refractivity (Wildman–Crippen MR) is 56.4 cm³/mol. The first-order valence-corrected chi connectivity index (χ1v) is 4.61. The van der Waals surface area contributed by atoms with Crippen LogP contribution in [0.2, 0.25) is 0 Å². The van der Waals surface area contributed by atoms with Crippen LogP contribution < -0.4 is 0 Å². The number of aliphatic hydroxyl groups is 1. The van der Waals surface area contributed by atoms with Gasteiger partial charge in [0.25, 0.3) is 0 Å². The molecule has 0 heterocycles. The van der Waals surface area contributed by atoms with E-state index in [-0.39, 0.29) is 0 Å². The van der Waals surface area contributed by atoms with E-state index in [0.717, 1.165) is 12.0 Å². The van der Waals surface area contributed by atoms with Gasteiger partial charge in [-0.2, -0.15) is 0 Å². The molecular formula is C12H16O. The fraction of sp³-hybridized carbons (Fsp3) is 0.333. The monoisotopic (exact) mass is 176 g/mol. The van der Waals surface area contributed by atoms with Gasteiger partial charge in [0.2, 0.25) is 0 Å². The highest BCUT2D eigenvalue weighted by Gasteiger charge is 2.11. The molecule has 0 aliphatic heterocycles. The van der Waals surface area contributed by atoms with E-state index in [9.17, 15) is 5.11 Å². The van der Waals surface area contributed by atoms with E-state index in [1.807, 2.05) is 56.3 Å². The van der Waals surface area contributed by atoms with Crippen LogP contribution >= 0.6 is 0 Å². The van der Waals surface area contributed by atoms with Crippen molar-refractivity contribution < 1.29 is 5.11 Å². The molecule has 0 aliphatic rings. The van der Waals surface area contributed by atoms with E-state index >= 15 is 0 Å². The minimum absolute atomic E-state index is 0.685. The van der Waals surface area contributed by atoms with Gasteiger partial charge in [-0.1, -0.05) is 49.4 Å². The molecule has 0 saturated carbocycles. The third kappa shape index (κ3) is 3.43. The summed E-state index contributed by atoms with van der Waals surface area (Å²) in [5.74, 6) is 0. The van der Waals surface area contributed by atoms with Gasteiger partial charge in [-0.05, 0) is 18.9 Å². The molecule has 0 radical (unpaired) electrons. The highest BCUT2D eigenvalue weighted by Crippen LogP contribution is 2.12. The van der Waals surface area contributed by atoms with E-state index in [0.29, 0.717) is 0 Å². The third-order valence-corrected chi connectivity index (χ3v) is 2.15. The molecule has 0 aromatic heterocycles. The average Bonchev–Trinajstić information content (AvgIpc) is 2.17. The van der Waals surface area contributed by atoms with Crippen LogP contribution in [0.1, 0.15) is 25.8 Å². The SMILES string of the molecule is CCC(C)(O)C=Cc1ccccc1. The largest absolute Gasteiger partial charge is 0.386 e. The number of hydrogen-bond acceptors (Lipinski definition) is 1. The van der Waals surface area contributed by atoms with Crippen LogP contribution in [0, 0.1) is 0 Å². The van der Waals surface area contributed by atoms with E-state index in [4.69, 9.17) is 0 Å². The zero-order valence-electron chi connectivity index (χ0n) is 8.20. The molecule has 1 aromatic carbocycles. The van der Waals surface area contributed by atoms with Gasteiger partial charge >= 0.3 is 0 Å². The Labute approximate surface area is 79.7 Å². The van der Waals surface area contributed by atoms with Gasteiger partial charge in [0.1, 0.15) is 0 Å². The first-order valence-electron chi connectivity index (χ1n) is 4.61. The Hall–Kier alpha value is -1.08. The van der Waals surface area contributed by atoms with Crippen LogP contribution in [0.4, 0.5) is 0 Å². The normalized spacial score (nSPS) is 15.9. The number of rotatable bonds is 3. The minimum atomic E-state index is -0.685. The minimum Gasteiger partial charge on any atom is -0.386 e. The average molecular weight is 176 g/mol. The molecule has 13 heavy (non-hydrogen) atoms. The Morgan fingerprint density at radius 1 is 1.31 bits per heavy atom. The molecule has 0 spiro atoms. The quantitative estimate of drug-likeness (QED) is 0.750. The summed E-state index contributed by atoms with van der Waals surface area (Å²) in [7, 11) is 0. The van der Waals surface area contributed by atoms with Crippen molar-refractivity contribution in [3.05, 3.63) is 42.0 Å². The van der Waals surface area contributed by atoms with Gasteiger partial charge in [0.05, 0.1) is 5.60 Å². The summed E-state index contributed by atoms with van der Waals surface area (Å²) in [5, 5.41) is 9.70. The van der Waals surface area contributed by atoms with Gasteiger partial charge in [-0.15, -0.1) is 0 Å². The summed E-state index contributed by atoms with van der Waals surface area (Å²) in [6, 6.07) is 9.99. The molecule has 0 aliphatic carbocycles. The van der Waals surface area contributed by atoms with Crippen molar-refractivity contribution >= 4 is 6.08 Å². The fourth-order valence-corrected chi connectivity index (χ4v) is 0.958. The van der Waals surface area contributed by atoms with E-state index in [1.54, 1.807) is 0 Å². The maximum Gasteiger partial charge on any atom is 0.0800 e. The highest BCUT2D eigenvalue weighted by molar-refractivity contribution is 5.49. The maximum atomic E-state index is 9.70. The lowest BCUT2D eigenvalue weighted by Gasteiger charge is -2.15. The molecule has 1 heteroatoms. The lowest BCUT2D eigenvalue weighted by molar-refractivity contribution is 0.108. The van der Waals surface area contributed by atoms with Gasteiger partial charge in [-0.25, -0.2) is 0 Å². The second-order valence-corrected chi connectivity index (χ2v) is 3.45. The van der Waals surface area contributed by atoms with Crippen molar-refractivity contribution in [1.29, 1.82) is 0 Å². The number of hydrogen-bond donors (Lipinski definition) is 1. The van der Waals surface area contributed by atoms with E-state index in [1.165, 1.54) is 0 Å². The molecule has 1 unspecified atom stereocenters. The van der Waals surface area contributed by atoms with Crippen LogP contribution in [0.25, 0.3) is 6.08 Å². The van der Waals surface area contributed by atoms with Crippen LogP contribution in [0.5, 0.6) is 0 Å². The van der Waals surface area contributed by atoms with Gasteiger partial charge in [0.15, 0.2) is 0 Å². The van der Waals surface area contributed by atoms with Crippen LogP contribution in [0.3, 0.4) is 0 Å². The van der Waals surface area contributed by atoms with E-state index in [2.05, 4.69) is 0 Å². The van der Waals surface area contributed by atoms with Crippen molar-refractivity contribution in [2.45, 2.75) is 25.9 Å². The summed E-state index contributed by atoms with van der Waals surface area (Å²) in [5.41, 5.74) is 0.437. The zero-order valence-corrected chi connectivity index (χ0v) is 8.20. The first-order chi connectivity index (χ1) is 6.14. The summed E-state index contributed by atoms with van der Waals surface area (Å²) < 4.78 is 0. The Morgan fingerprint density at radius 2 is 1.92 bits per heavy atom. The number of benzene rings is 1. The molecule has 1 nitrogen and oxygen atoms in total. The van der Waals surface area contributed by atoms with Crippen molar-refractivity contribution in [2.75, 3.05) is 0 Å². The molecule has 70 valence electrons. The summed E-state index contributed by atoms with van der Waals surface area (Å²) in [4.78, 5) is 0. The molecule has 1 atom stereocenters. The Bertz CT molecular complexity index is 272. The van der Waals surface area contributed by atoms with Crippen molar-refractivity contribution in [2.24, 2.45) is 0 Å². The smallest absolute Gasteiger partial charge is 0.0800 e. The first kappa shape index (κ1) is 10.0. The second kappa shape index (κ2) is 4.24. The Kier molecular flexibility index (Phi) is 3.26. The lowest BCUT2D eigenvalue weighted by Crippen LogP contribution is -2.18.